The van der Waals surface area contributed by atoms with Gasteiger partial charge in [0.25, 0.3) is 0 Å². The highest BCUT2D eigenvalue weighted by molar-refractivity contribution is 6.04. The number of benzene rings is 2. The molecule has 2 aliphatic heterocycles. The molecule has 0 spiro atoms. The van der Waals surface area contributed by atoms with Gasteiger partial charge in [0.1, 0.15) is 5.75 Å². The van der Waals surface area contributed by atoms with Crippen molar-refractivity contribution in [3.05, 3.63) is 65.2 Å². The molecule has 2 aromatic carbocycles. The van der Waals surface area contributed by atoms with E-state index in [1.54, 1.807) is 7.11 Å². The molecule has 0 saturated carbocycles. The van der Waals surface area contributed by atoms with E-state index in [1.165, 1.54) is 30.4 Å². The van der Waals surface area contributed by atoms with E-state index in [9.17, 15) is 0 Å². The maximum Gasteiger partial charge on any atom is 0.226 e. The van der Waals surface area contributed by atoms with Crippen LogP contribution in [-0.4, -0.2) is 30.8 Å². The van der Waals surface area contributed by atoms with Crippen molar-refractivity contribution in [3.8, 4) is 5.75 Å². The summed E-state index contributed by atoms with van der Waals surface area (Å²) in [5, 5.41) is 4.68. The maximum atomic E-state index is 6.41. The van der Waals surface area contributed by atoms with Crippen molar-refractivity contribution in [2.75, 3.05) is 20.2 Å². The molecule has 2 heterocycles. The molecular weight excluding hydrogens is 336 g/mol. The number of nitrogens with zero attached hydrogens (tertiary/aromatic N) is 2. The molecule has 0 N–H and O–H groups in total. The number of rotatable bonds is 3. The highest BCUT2D eigenvalue weighted by Gasteiger charge is 2.62. The minimum Gasteiger partial charge on any atom is -0.497 e. The fraction of sp³-hybridized carbons (Fsp3) is 0.435. The molecule has 1 aliphatic carbocycles. The van der Waals surface area contributed by atoms with E-state index in [2.05, 4.69) is 53.4 Å². The molecule has 4 nitrogen and oxygen atoms in total. The predicted octanol–water partition coefficient (Wildman–Crippen LogP) is 4.50. The van der Waals surface area contributed by atoms with Gasteiger partial charge in [-0.15, -0.1) is 0 Å². The van der Waals surface area contributed by atoms with Crippen LogP contribution in [0.25, 0.3) is 0 Å². The van der Waals surface area contributed by atoms with E-state index in [-0.39, 0.29) is 5.92 Å². The molecule has 0 amide bonds. The van der Waals surface area contributed by atoms with E-state index in [0.717, 1.165) is 30.1 Å². The highest BCUT2D eigenvalue weighted by Crippen LogP contribution is 2.57. The van der Waals surface area contributed by atoms with Crippen molar-refractivity contribution < 1.29 is 9.57 Å². The summed E-state index contributed by atoms with van der Waals surface area (Å²) in [4.78, 5) is 8.95. The first kappa shape index (κ1) is 16.8. The minimum atomic E-state index is -0.453. The number of fused-ring (bicyclic) bond motifs is 3. The first-order chi connectivity index (χ1) is 13.3. The monoisotopic (exact) mass is 362 g/mol. The van der Waals surface area contributed by atoms with Gasteiger partial charge in [-0.25, -0.2) is 0 Å². The van der Waals surface area contributed by atoms with E-state index in [4.69, 9.17) is 9.57 Å². The Hall–Kier alpha value is -2.33. The Balaban J connectivity index is 1.61. The van der Waals surface area contributed by atoms with E-state index in [1.807, 2.05) is 12.1 Å². The van der Waals surface area contributed by atoms with Gasteiger partial charge in [-0.1, -0.05) is 42.8 Å². The minimum absolute atomic E-state index is 0.210. The lowest BCUT2D eigenvalue weighted by molar-refractivity contribution is -0.170. The van der Waals surface area contributed by atoms with Gasteiger partial charge in [-0.05, 0) is 48.6 Å². The fourth-order valence-corrected chi connectivity index (χ4v) is 5.25. The molecule has 3 atom stereocenters. The molecule has 1 fully saturated rings. The van der Waals surface area contributed by atoms with Gasteiger partial charge in [0, 0.05) is 24.2 Å². The van der Waals surface area contributed by atoms with Crippen LogP contribution in [0.2, 0.25) is 0 Å². The molecule has 140 valence electrons. The van der Waals surface area contributed by atoms with Crippen LogP contribution in [-0.2, 0) is 10.6 Å². The molecule has 0 radical (unpaired) electrons. The Morgan fingerprint density at radius 2 is 1.78 bits per heavy atom. The maximum absolute atomic E-state index is 6.41. The standard InChI is InChI=1S/C23H26N2O2/c1-16-19-8-4-5-9-20(19)23(25-14-6-3-7-15-25)21(16)22(24-27-23)17-10-12-18(26-2)13-11-17/h4-5,8-13,16,21H,3,6-7,14-15H2,1-2H3/t16-,21-,23-/m0/s1. The molecule has 1 saturated heterocycles. The van der Waals surface area contributed by atoms with Gasteiger partial charge in [-0.2, -0.15) is 0 Å². The lowest BCUT2D eigenvalue weighted by Gasteiger charge is -2.42. The zero-order valence-electron chi connectivity index (χ0n) is 16.0. The molecule has 27 heavy (non-hydrogen) atoms. The second-order valence-corrected chi connectivity index (χ2v) is 7.89. The number of likely N-dealkylation sites (tertiary alicyclic amines) is 1. The Kier molecular flexibility index (Phi) is 3.97. The molecule has 5 rings (SSSR count). The van der Waals surface area contributed by atoms with Crippen molar-refractivity contribution in [1.29, 1.82) is 0 Å². The number of hydrogen-bond donors (Lipinski definition) is 0. The predicted molar refractivity (Wildman–Crippen MR) is 106 cm³/mol. The van der Waals surface area contributed by atoms with Crippen molar-refractivity contribution in [2.45, 2.75) is 37.8 Å². The van der Waals surface area contributed by atoms with Gasteiger partial charge >= 0.3 is 0 Å². The van der Waals surface area contributed by atoms with Crippen LogP contribution in [0, 0.1) is 5.92 Å². The molecule has 2 aromatic rings. The van der Waals surface area contributed by atoms with E-state index < -0.39 is 5.72 Å². The lowest BCUT2D eigenvalue weighted by Crippen LogP contribution is -2.52. The summed E-state index contributed by atoms with van der Waals surface area (Å²) < 4.78 is 5.33. The van der Waals surface area contributed by atoms with Crippen LogP contribution in [0.3, 0.4) is 0 Å². The van der Waals surface area contributed by atoms with Gasteiger partial charge in [0.15, 0.2) is 0 Å². The summed E-state index contributed by atoms with van der Waals surface area (Å²) in [6.07, 6.45) is 3.76. The Morgan fingerprint density at radius 1 is 1.04 bits per heavy atom. The number of methoxy groups -OCH3 is 1. The van der Waals surface area contributed by atoms with Crippen molar-refractivity contribution in [2.24, 2.45) is 11.1 Å². The number of piperidine rings is 1. The van der Waals surface area contributed by atoms with Crippen LogP contribution in [0.5, 0.6) is 5.75 Å². The summed E-state index contributed by atoms with van der Waals surface area (Å²) in [5.41, 5.74) is 4.43. The van der Waals surface area contributed by atoms with Gasteiger partial charge in [0.2, 0.25) is 5.72 Å². The Bertz CT molecular complexity index is 870. The second kappa shape index (κ2) is 6.38. The second-order valence-electron chi connectivity index (χ2n) is 7.89. The third kappa shape index (κ3) is 2.36. The SMILES string of the molecule is COc1ccc(C2=NO[C@@]3(N4CCCCC4)c4ccccc4[C@H](C)[C@@H]23)cc1. The smallest absolute Gasteiger partial charge is 0.226 e. The van der Waals surface area contributed by atoms with Crippen molar-refractivity contribution in [1.82, 2.24) is 4.90 Å². The molecule has 3 aliphatic rings. The quantitative estimate of drug-likeness (QED) is 0.806. The lowest BCUT2D eigenvalue weighted by atomic mass is 9.82. The summed E-state index contributed by atoms with van der Waals surface area (Å²) >= 11 is 0. The van der Waals surface area contributed by atoms with Gasteiger partial charge < -0.3 is 9.57 Å². The summed E-state index contributed by atoms with van der Waals surface area (Å²) in [6.45, 7) is 4.47. The highest BCUT2D eigenvalue weighted by atomic mass is 16.7. The van der Waals surface area contributed by atoms with E-state index >= 15 is 0 Å². The van der Waals surface area contributed by atoms with Crippen LogP contribution < -0.4 is 4.74 Å². The number of ether oxygens (including phenoxy) is 1. The molecule has 0 aromatic heterocycles. The van der Waals surface area contributed by atoms with Crippen LogP contribution in [0.1, 0.15) is 48.8 Å². The first-order valence-electron chi connectivity index (χ1n) is 10.0. The van der Waals surface area contributed by atoms with Crippen molar-refractivity contribution >= 4 is 5.71 Å². The summed E-state index contributed by atoms with van der Waals surface area (Å²) in [5.74, 6) is 1.44. The normalized spacial score (nSPS) is 29.6. The van der Waals surface area contributed by atoms with Gasteiger partial charge in [0.05, 0.1) is 18.7 Å². The number of hydrogen-bond acceptors (Lipinski definition) is 4. The zero-order valence-corrected chi connectivity index (χ0v) is 16.0. The average molecular weight is 362 g/mol. The third-order valence-corrected chi connectivity index (χ3v) is 6.55. The number of oxime groups is 1. The molecule has 0 unspecified atom stereocenters. The Labute approximate surface area is 160 Å². The van der Waals surface area contributed by atoms with Crippen LogP contribution >= 0.6 is 0 Å². The Morgan fingerprint density at radius 3 is 2.52 bits per heavy atom. The van der Waals surface area contributed by atoms with Crippen LogP contribution in [0.15, 0.2) is 53.7 Å². The third-order valence-electron chi connectivity index (χ3n) is 6.55. The first-order valence-corrected chi connectivity index (χ1v) is 10.0. The largest absolute Gasteiger partial charge is 0.497 e. The molecule has 0 bridgehead atoms. The average Bonchev–Trinajstić information content (AvgIpc) is 3.25. The molecule has 4 heteroatoms. The van der Waals surface area contributed by atoms with Crippen molar-refractivity contribution in [3.63, 3.8) is 0 Å². The van der Waals surface area contributed by atoms with Crippen LogP contribution in [0.4, 0.5) is 0 Å². The zero-order chi connectivity index (χ0) is 18.4. The topological polar surface area (TPSA) is 34.1 Å². The summed E-state index contributed by atoms with van der Waals surface area (Å²) in [6, 6.07) is 17.0. The van der Waals surface area contributed by atoms with E-state index in [0.29, 0.717) is 5.92 Å². The fourth-order valence-electron chi connectivity index (χ4n) is 5.25. The summed E-state index contributed by atoms with van der Waals surface area (Å²) in [7, 11) is 1.70. The van der Waals surface area contributed by atoms with Gasteiger partial charge in [-0.3, -0.25) is 4.90 Å². The molecular formula is C23H26N2O2.